The van der Waals surface area contributed by atoms with Crippen LogP contribution in [0.1, 0.15) is 6.92 Å². The van der Waals surface area contributed by atoms with Crippen molar-refractivity contribution >= 4 is 27.3 Å². The summed E-state index contributed by atoms with van der Waals surface area (Å²) in [6.45, 7) is 1.42. The molecule has 0 heterocycles. The van der Waals surface area contributed by atoms with Gasteiger partial charge in [-0.15, -0.1) is 0 Å². The highest BCUT2D eigenvalue weighted by Gasteiger charge is 2.19. The van der Waals surface area contributed by atoms with E-state index in [0.29, 0.717) is 0 Å². The Morgan fingerprint density at radius 3 is 2.55 bits per heavy atom. The minimum Gasteiger partial charge on any atom is -0.397 e. The van der Waals surface area contributed by atoms with Gasteiger partial charge in [0.15, 0.2) is 0 Å². The van der Waals surface area contributed by atoms with E-state index in [4.69, 9.17) is 5.73 Å². The number of benzene rings is 1. The lowest BCUT2D eigenvalue weighted by Gasteiger charge is -2.09. The van der Waals surface area contributed by atoms with Gasteiger partial charge < -0.3 is 11.1 Å². The number of nitrogen functional groups attached to an aromatic ring is 1. The molecule has 0 atom stereocenters. The topological polar surface area (TPSA) is 144 Å². The van der Waals surface area contributed by atoms with Crippen LogP contribution in [0.4, 0.5) is 11.4 Å². The second-order valence-corrected chi connectivity index (χ2v) is 5.60. The van der Waals surface area contributed by atoms with Gasteiger partial charge in [-0.3, -0.25) is 14.9 Å². The molecule has 20 heavy (non-hydrogen) atoms. The number of nitrogens with zero attached hydrogens (tertiary/aromatic N) is 1. The van der Waals surface area contributed by atoms with E-state index < -0.39 is 14.9 Å². The molecule has 1 aromatic carbocycles. The Kier molecular flexibility index (Phi) is 5.00. The summed E-state index contributed by atoms with van der Waals surface area (Å²) in [5, 5.41) is 13.0. The van der Waals surface area contributed by atoms with Crippen molar-refractivity contribution in [1.82, 2.24) is 10.0 Å². The SMILES string of the molecule is CC(=O)NCCNS(=O)(=O)c1ccc([N+](=O)[O-])cc1N. The van der Waals surface area contributed by atoms with E-state index in [2.05, 4.69) is 10.0 Å². The van der Waals surface area contributed by atoms with Crippen molar-refractivity contribution in [3.63, 3.8) is 0 Å². The number of nitrogens with two attached hydrogens (primary N) is 1. The van der Waals surface area contributed by atoms with Crippen LogP contribution in [0.25, 0.3) is 0 Å². The molecule has 0 saturated carbocycles. The van der Waals surface area contributed by atoms with E-state index in [1.54, 1.807) is 0 Å². The maximum atomic E-state index is 11.9. The molecule has 1 rings (SSSR count). The Balaban J connectivity index is 2.82. The molecule has 0 saturated heterocycles. The summed E-state index contributed by atoms with van der Waals surface area (Å²) in [4.78, 5) is 20.2. The third-order valence-electron chi connectivity index (χ3n) is 2.28. The number of rotatable bonds is 6. The van der Waals surface area contributed by atoms with E-state index >= 15 is 0 Å². The van der Waals surface area contributed by atoms with Gasteiger partial charge >= 0.3 is 0 Å². The van der Waals surface area contributed by atoms with Crippen molar-refractivity contribution < 1.29 is 18.1 Å². The molecule has 1 aromatic rings. The van der Waals surface area contributed by atoms with Crippen molar-refractivity contribution in [2.75, 3.05) is 18.8 Å². The molecule has 0 aliphatic heterocycles. The number of hydrogen-bond acceptors (Lipinski definition) is 6. The van der Waals surface area contributed by atoms with Crippen molar-refractivity contribution in [3.8, 4) is 0 Å². The molecule has 0 aromatic heterocycles. The number of nitro benzene ring substituents is 1. The summed E-state index contributed by atoms with van der Waals surface area (Å²) in [5.41, 5.74) is 5.00. The quantitative estimate of drug-likeness (QED) is 0.282. The largest absolute Gasteiger partial charge is 0.397 e. The Hall–Kier alpha value is -2.20. The summed E-state index contributed by atoms with van der Waals surface area (Å²) in [7, 11) is -3.88. The molecular weight excluding hydrogens is 288 g/mol. The van der Waals surface area contributed by atoms with Crippen LogP contribution in [0.15, 0.2) is 23.1 Å². The van der Waals surface area contributed by atoms with E-state index in [-0.39, 0.29) is 35.3 Å². The lowest BCUT2D eigenvalue weighted by molar-refractivity contribution is -0.384. The van der Waals surface area contributed by atoms with Crippen LogP contribution in [0.3, 0.4) is 0 Å². The highest BCUT2D eigenvalue weighted by Crippen LogP contribution is 2.23. The fraction of sp³-hybridized carbons (Fsp3) is 0.300. The molecule has 110 valence electrons. The molecule has 1 amide bonds. The lowest BCUT2D eigenvalue weighted by Crippen LogP contribution is -2.33. The molecule has 0 fully saturated rings. The van der Waals surface area contributed by atoms with E-state index in [9.17, 15) is 23.3 Å². The van der Waals surface area contributed by atoms with Crippen molar-refractivity contribution in [3.05, 3.63) is 28.3 Å². The summed E-state index contributed by atoms with van der Waals surface area (Å²) in [6.07, 6.45) is 0. The molecule has 0 spiro atoms. The highest BCUT2D eigenvalue weighted by atomic mass is 32.2. The van der Waals surface area contributed by atoms with Crippen molar-refractivity contribution in [2.24, 2.45) is 0 Å². The zero-order valence-electron chi connectivity index (χ0n) is 10.6. The average molecular weight is 302 g/mol. The first kappa shape index (κ1) is 15.9. The fourth-order valence-corrected chi connectivity index (χ4v) is 2.54. The maximum Gasteiger partial charge on any atom is 0.271 e. The van der Waals surface area contributed by atoms with Crippen LogP contribution in [0.2, 0.25) is 0 Å². The second kappa shape index (κ2) is 6.30. The van der Waals surface area contributed by atoms with Crippen LogP contribution in [-0.4, -0.2) is 32.3 Å². The molecule has 0 aliphatic rings. The van der Waals surface area contributed by atoms with Crippen LogP contribution in [0.5, 0.6) is 0 Å². The number of amides is 1. The number of nitro groups is 1. The number of carbonyl (C=O) groups excluding carboxylic acids is 1. The Bertz CT molecular complexity index is 629. The first-order valence-electron chi connectivity index (χ1n) is 5.52. The summed E-state index contributed by atoms with van der Waals surface area (Å²) >= 11 is 0. The number of nitrogens with one attached hydrogen (secondary N) is 2. The number of hydrogen-bond donors (Lipinski definition) is 3. The third-order valence-corrected chi connectivity index (χ3v) is 3.82. The predicted molar refractivity (Wildman–Crippen MR) is 71.4 cm³/mol. The van der Waals surface area contributed by atoms with Gasteiger partial charge in [0.25, 0.3) is 5.69 Å². The van der Waals surface area contributed by atoms with Gasteiger partial charge in [0.05, 0.1) is 10.6 Å². The highest BCUT2D eigenvalue weighted by molar-refractivity contribution is 7.89. The fourth-order valence-electron chi connectivity index (χ4n) is 1.40. The summed E-state index contributed by atoms with van der Waals surface area (Å²) in [5.74, 6) is -0.279. The second-order valence-electron chi connectivity index (χ2n) is 3.86. The summed E-state index contributed by atoms with van der Waals surface area (Å²) in [6, 6.07) is 3.09. The number of non-ortho nitro benzene ring substituents is 1. The van der Waals surface area contributed by atoms with E-state index in [0.717, 1.165) is 18.2 Å². The molecule has 0 aliphatic carbocycles. The number of sulfonamides is 1. The average Bonchev–Trinajstić information content (AvgIpc) is 2.34. The molecule has 10 heteroatoms. The standard InChI is InChI=1S/C10H14N4O5S/c1-7(15)12-4-5-13-20(18,19)10-3-2-8(14(16)17)6-9(10)11/h2-3,6,13H,4-5,11H2,1H3,(H,12,15). The molecule has 0 unspecified atom stereocenters. The zero-order valence-corrected chi connectivity index (χ0v) is 11.4. The van der Waals surface area contributed by atoms with Crippen LogP contribution in [0, 0.1) is 10.1 Å². The van der Waals surface area contributed by atoms with Gasteiger partial charge in [0.2, 0.25) is 15.9 Å². The monoisotopic (exact) mass is 302 g/mol. The van der Waals surface area contributed by atoms with Crippen LogP contribution >= 0.6 is 0 Å². The normalized spacial score (nSPS) is 11.1. The van der Waals surface area contributed by atoms with Gasteiger partial charge in [0.1, 0.15) is 4.90 Å². The minimum atomic E-state index is -3.88. The Morgan fingerprint density at radius 1 is 1.40 bits per heavy atom. The molecule has 9 nitrogen and oxygen atoms in total. The predicted octanol–water partition coefficient (Wildman–Crippen LogP) is -0.409. The van der Waals surface area contributed by atoms with E-state index in [1.807, 2.05) is 0 Å². The maximum absolute atomic E-state index is 11.9. The zero-order chi connectivity index (χ0) is 15.3. The lowest BCUT2D eigenvalue weighted by atomic mass is 10.3. The van der Waals surface area contributed by atoms with Gasteiger partial charge in [0, 0.05) is 32.1 Å². The number of anilines is 1. The third kappa shape index (κ3) is 4.17. The van der Waals surface area contributed by atoms with Gasteiger partial charge in [-0.25, -0.2) is 13.1 Å². The first-order valence-corrected chi connectivity index (χ1v) is 7.00. The Morgan fingerprint density at radius 2 is 2.05 bits per heavy atom. The summed E-state index contributed by atoms with van der Waals surface area (Å²) < 4.78 is 26.0. The molecular formula is C10H14N4O5S. The Labute approximate surface area is 115 Å². The van der Waals surface area contributed by atoms with Crippen LogP contribution < -0.4 is 15.8 Å². The minimum absolute atomic E-state index is 0.0155. The smallest absolute Gasteiger partial charge is 0.271 e. The van der Waals surface area contributed by atoms with Gasteiger partial charge in [-0.05, 0) is 6.07 Å². The number of carbonyl (C=O) groups is 1. The molecule has 0 bridgehead atoms. The van der Waals surface area contributed by atoms with Crippen molar-refractivity contribution in [1.29, 1.82) is 0 Å². The van der Waals surface area contributed by atoms with E-state index in [1.165, 1.54) is 6.92 Å². The van der Waals surface area contributed by atoms with Crippen molar-refractivity contribution in [2.45, 2.75) is 11.8 Å². The first-order chi connectivity index (χ1) is 9.24. The molecule has 4 N–H and O–H groups in total. The molecule has 0 radical (unpaired) electrons. The van der Waals surface area contributed by atoms with Gasteiger partial charge in [-0.1, -0.05) is 0 Å². The van der Waals surface area contributed by atoms with Gasteiger partial charge in [-0.2, -0.15) is 0 Å². The van der Waals surface area contributed by atoms with Crippen LogP contribution in [-0.2, 0) is 14.8 Å².